The fourth-order valence-electron chi connectivity index (χ4n) is 3.59. The topological polar surface area (TPSA) is 60.4 Å². The van der Waals surface area contributed by atoms with Crippen LogP contribution < -0.4 is 4.74 Å². The smallest absolute Gasteiger partial charge is 0.316 e. The van der Waals surface area contributed by atoms with Gasteiger partial charge in [-0.2, -0.15) is 0 Å². The summed E-state index contributed by atoms with van der Waals surface area (Å²) in [6.07, 6.45) is 6.51. The molecule has 0 amide bonds. The van der Waals surface area contributed by atoms with E-state index < -0.39 is 0 Å². The normalized spacial score (nSPS) is 18.3. The first-order chi connectivity index (χ1) is 13.3. The van der Waals surface area contributed by atoms with Gasteiger partial charge in [0.1, 0.15) is 0 Å². The van der Waals surface area contributed by atoms with Gasteiger partial charge >= 0.3 is 6.01 Å². The van der Waals surface area contributed by atoms with Crippen molar-refractivity contribution in [3.8, 4) is 6.01 Å². The van der Waals surface area contributed by atoms with Crippen molar-refractivity contribution in [2.45, 2.75) is 13.0 Å². The molecule has 1 atom stereocenters. The molecule has 1 aromatic carbocycles. The number of pyridine rings is 1. The van der Waals surface area contributed by atoms with E-state index in [1.54, 1.807) is 7.11 Å². The first-order valence-corrected chi connectivity index (χ1v) is 9.29. The van der Waals surface area contributed by atoms with E-state index in [0.717, 1.165) is 50.3 Å². The van der Waals surface area contributed by atoms with Crippen molar-refractivity contribution in [2.24, 2.45) is 5.92 Å². The summed E-state index contributed by atoms with van der Waals surface area (Å²) < 4.78 is 10.9. The minimum absolute atomic E-state index is 0.404. The molecule has 0 radical (unpaired) electrons. The van der Waals surface area contributed by atoms with Gasteiger partial charge in [0.05, 0.1) is 25.8 Å². The number of nitrogens with zero attached hydrogens (tertiary/aromatic N) is 4. The molecular weight excluding hydrogens is 340 g/mol. The lowest BCUT2D eigenvalue weighted by Crippen LogP contribution is -2.30. The zero-order chi connectivity index (χ0) is 18.5. The monoisotopic (exact) mass is 364 g/mol. The van der Waals surface area contributed by atoms with E-state index in [1.165, 1.54) is 10.9 Å². The minimum Gasteiger partial charge on any atom is -0.467 e. The number of fused-ring (bicyclic) bond motifs is 1. The largest absolute Gasteiger partial charge is 0.467 e. The van der Waals surface area contributed by atoms with Gasteiger partial charge in [-0.25, -0.2) is 9.97 Å². The van der Waals surface area contributed by atoms with E-state index in [0.29, 0.717) is 11.9 Å². The molecule has 0 saturated carbocycles. The maximum absolute atomic E-state index is 5.87. The Bertz CT molecular complexity index is 885. The molecule has 4 rings (SSSR count). The van der Waals surface area contributed by atoms with Gasteiger partial charge < -0.3 is 9.47 Å². The molecule has 0 aliphatic carbocycles. The third kappa shape index (κ3) is 4.59. The third-order valence-electron chi connectivity index (χ3n) is 4.88. The van der Waals surface area contributed by atoms with Gasteiger partial charge in [-0.1, -0.05) is 12.1 Å². The van der Waals surface area contributed by atoms with Gasteiger partial charge in [-0.05, 0) is 36.1 Å². The number of hydrogen-bond donors (Lipinski definition) is 0. The van der Waals surface area contributed by atoms with E-state index in [1.807, 2.05) is 24.7 Å². The van der Waals surface area contributed by atoms with Crippen molar-refractivity contribution in [1.29, 1.82) is 0 Å². The van der Waals surface area contributed by atoms with Gasteiger partial charge in [0, 0.05) is 49.2 Å². The molecule has 1 saturated heterocycles. The highest BCUT2D eigenvalue weighted by Gasteiger charge is 2.19. The van der Waals surface area contributed by atoms with Crippen LogP contribution in [-0.2, 0) is 17.7 Å². The van der Waals surface area contributed by atoms with Crippen LogP contribution in [0, 0.1) is 5.92 Å². The number of ether oxygens (including phenoxy) is 2. The van der Waals surface area contributed by atoms with E-state index in [4.69, 9.17) is 9.47 Å². The molecule has 2 aromatic heterocycles. The predicted molar refractivity (Wildman–Crippen MR) is 104 cm³/mol. The number of rotatable bonds is 5. The first kappa shape index (κ1) is 17.8. The van der Waals surface area contributed by atoms with Crippen molar-refractivity contribution < 1.29 is 9.47 Å². The molecule has 3 heterocycles. The van der Waals surface area contributed by atoms with Gasteiger partial charge in [-0.3, -0.25) is 9.88 Å². The molecule has 27 heavy (non-hydrogen) atoms. The van der Waals surface area contributed by atoms with Crippen LogP contribution in [0.3, 0.4) is 0 Å². The summed E-state index contributed by atoms with van der Waals surface area (Å²) in [6.45, 7) is 4.29. The van der Waals surface area contributed by atoms with Crippen LogP contribution in [-0.4, -0.2) is 53.3 Å². The van der Waals surface area contributed by atoms with Crippen LogP contribution in [0.1, 0.15) is 11.1 Å². The van der Waals surface area contributed by atoms with Crippen LogP contribution in [0.5, 0.6) is 6.01 Å². The second kappa shape index (κ2) is 8.41. The van der Waals surface area contributed by atoms with Crippen LogP contribution in [0.4, 0.5) is 0 Å². The highest BCUT2D eigenvalue weighted by molar-refractivity contribution is 5.78. The molecule has 1 aliphatic heterocycles. The number of hydrogen-bond acceptors (Lipinski definition) is 6. The molecule has 0 bridgehead atoms. The maximum Gasteiger partial charge on any atom is 0.316 e. The Labute approximate surface area is 159 Å². The molecule has 0 N–H and O–H groups in total. The van der Waals surface area contributed by atoms with E-state index in [-0.39, 0.29) is 0 Å². The second-order valence-corrected chi connectivity index (χ2v) is 6.99. The predicted octanol–water partition coefficient (Wildman–Crippen LogP) is 2.72. The zero-order valence-electron chi connectivity index (χ0n) is 15.5. The number of aromatic nitrogens is 3. The summed E-state index contributed by atoms with van der Waals surface area (Å²) in [7, 11) is 1.58. The third-order valence-corrected chi connectivity index (χ3v) is 4.88. The average Bonchev–Trinajstić information content (AvgIpc) is 2.93. The highest BCUT2D eigenvalue weighted by atomic mass is 16.5. The fraction of sp³-hybridized carbons (Fsp3) is 0.381. The Morgan fingerprint density at radius 3 is 2.89 bits per heavy atom. The van der Waals surface area contributed by atoms with Crippen LogP contribution in [0.2, 0.25) is 0 Å². The number of benzene rings is 1. The second-order valence-electron chi connectivity index (χ2n) is 6.99. The molecule has 3 aromatic rings. The Balaban J connectivity index is 1.42. The first-order valence-electron chi connectivity index (χ1n) is 9.29. The van der Waals surface area contributed by atoms with Crippen LogP contribution in [0.15, 0.2) is 48.9 Å². The molecule has 6 nitrogen and oxygen atoms in total. The Kier molecular flexibility index (Phi) is 5.55. The summed E-state index contributed by atoms with van der Waals surface area (Å²) in [5.74, 6) is 0.459. The van der Waals surface area contributed by atoms with Crippen LogP contribution >= 0.6 is 0 Å². The fourth-order valence-corrected chi connectivity index (χ4v) is 3.59. The van der Waals surface area contributed by atoms with E-state index in [2.05, 4.69) is 44.1 Å². The van der Waals surface area contributed by atoms with Crippen molar-refractivity contribution in [3.63, 3.8) is 0 Å². The standard InChI is InChI=1S/C21H24N4O2/c1-26-21-23-11-18(12-24-21)14-25-7-8-27-15-17(13-25)9-16-4-5-20-19(10-16)3-2-6-22-20/h2-6,10-12,17H,7-9,13-15H2,1H3/t17-/m1/s1. The van der Waals surface area contributed by atoms with E-state index >= 15 is 0 Å². The van der Waals surface area contributed by atoms with Gasteiger partial charge in [0.2, 0.25) is 0 Å². The van der Waals surface area contributed by atoms with Gasteiger partial charge in [-0.15, -0.1) is 0 Å². The molecule has 1 aliphatic rings. The molecule has 0 spiro atoms. The number of methoxy groups -OCH3 is 1. The summed E-state index contributed by atoms with van der Waals surface area (Å²) in [5.41, 5.74) is 3.46. The summed E-state index contributed by atoms with van der Waals surface area (Å²) >= 11 is 0. The lowest BCUT2D eigenvalue weighted by atomic mass is 9.98. The molecule has 140 valence electrons. The summed E-state index contributed by atoms with van der Waals surface area (Å²) in [4.78, 5) is 15.2. The van der Waals surface area contributed by atoms with Gasteiger partial charge in [0.25, 0.3) is 0 Å². The molecule has 1 fully saturated rings. The van der Waals surface area contributed by atoms with Crippen molar-refractivity contribution in [3.05, 3.63) is 60.0 Å². The minimum atomic E-state index is 0.404. The van der Waals surface area contributed by atoms with Crippen molar-refractivity contribution >= 4 is 10.9 Å². The van der Waals surface area contributed by atoms with Crippen molar-refractivity contribution in [1.82, 2.24) is 19.9 Å². The zero-order valence-corrected chi connectivity index (χ0v) is 15.5. The van der Waals surface area contributed by atoms with Crippen molar-refractivity contribution in [2.75, 3.05) is 33.4 Å². The average molecular weight is 364 g/mol. The summed E-state index contributed by atoms with van der Waals surface area (Å²) in [6, 6.07) is 11.0. The Morgan fingerprint density at radius 2 is 2.04 bits per heavy atom. The molecular formula is C21H24N4O2. The lowest BCUT2D eigenvalue weighted by molar-refractivity contribution is 0.121. The highest BCUT2D eigenvalue weighted by Crippen LogP contribution is 2.19. The maximum atomic E-state index is 5.87. The van der Waals surface area contributed by atoms with Crippen LogP contribution in [0.25, 0.3) is 10.9 Å². The summed E-state index contributed by atoms with van der Waals surface area (Å²) in [5, 5.41) is 1.19. The Hall–Kier alpha value is -2.57. The quantitative estimate of drug-likeness (QED) is 0.694. The lowest BCUT2D eigenvalue weighted by Gasteiger charge is -2.23. The Morgan fingerprint density at radius 1 is 1.15 bits per heavy atom. The van der Waals surface area contributed by atoms with Gasteiger partial charge in [0.15, 0.2) is 0 Å². The SMILES string of the molecule is COc1ncc(CN2CCOC[C@H](Cc3ccc4ncccc4c3)C2)cn1. The van der Waals surface area contributed by atoms with E-state index in [9.17, 15) is 0 Å². The molecule has 0 unspecified atom stereocenters. The molecule has 6 heteroatoms.